The molecule has 3 rings (SSSR count). The van der Waals surface area contributed by atoms with Gasteiger partial charge in [0.2, 0.25) is 5.91 Å². The summed E-state index contributed by atoms with van der Waals surface area (Å²) in [6, 6.07) is 6.46. The van der Waals surface area contributed by atoms with E-state index in [0.717, 1.165) is 31.9 Å². The number of amides is 1. The monoisotopic (exact) mass is 350 g/mol. The molecule has 2 aliphatic rings. The number of halogens is 1. The molecule has 25 heavy (non-hydrogen) atoms. The van der Waals surface area contributed by atoms with Gasteiger partial charge in [-0.15, -0.1) is 0 Å². The number of piperazine rings is 1. The number of carbonyl (C=O) groups is 2. The SMILES string of the molecule is CCOC(=O)C1CNC(N2CCN(c3ccc(F)cc3)CC2)NC1=O. The molecule has 2 atom stereocenters. The number of esters is 1. The van der Waals surface area contributed by atoms with E-state index in [9.17, 15) is 14.0 Å². The van der Waals surface area contributed by atoms with E-state index < -0.39 is 11.9 Å². The van der Waals surface area contributed by atoms with Crippen molar-refractivity contribution >= 4 is 17.6 Å². The summed E-state index contributed by atoms with van der Waals surface area (Å²) in [6.45, 7) is 5.31. The van der Waals surface area contributed by atoms with Crippen molar-refractivity contribution in [1.29, 1.82) is 0 Å². The van der Waals surface area contributed by atoms with Gasteiger partial charge in [0.1, 0.15) is 18.0 Å². The molecular weight excluding hydrogens is 327 g/mol. The minimum Gasteiger partial charge on any atom is -0.465 e. The summed E-state index contributed by atoms with van der Waals surface area (Å²) in [5.41, 5.74) is 0.990. The van der Waals surface area contributed by atoms with E-state index in [2.05, 4.69) is 20.4 Å². The van der Waals surface area contributed by atoms with Crippen molar-refractivity contribution < 1.29 is 18.7 Å². The molecule has 2 unspecified atom stereocenters. The lowest BCUT2D eigenvalue weighted by molar-refractivity contribution is -0.154. The van der Waals surface area contributed by atoms with Gasteiger partial charge in [-0.25, -0.2) is 4.39 Å². The molecule has 136 valence electrons. The van der Waals surface area contributed by atoms with E-state index in [4.69, 9.17) is 4.74 Å². The number of nitrogens with zero attached hydrogens (tertiary/aromatic N) is 2. The Morgan fingerprint density at radius 2 is 1.92 bits per heavy atom. The lowest BCUT2D eigenvalue weighted by Crippen LogP contribution is -2.67. The number of carbonyl (C=O) groups excluding carboxylic acids is 2. The van der Waals surface area contributed by atoms with Crippen molar-refractivity contribution in [2.75, 3.05) is 44.2 Å². The molecule has 2 saturated heterocycles. The van der Waals surface area contributed by atoms with E-state index in [1.165, 1.54) is 12.1 Å². The Balaban J connectivity index is 1.51. The zero-order valence-corrected chi connectivity index (χ0v) is 14.2. The van der Waals surface area contributed by atoms with E-state index in [-0.39, 0.29) is 31.2 Å². The Morgan fingerprint density at radius 1 is 1.24 bits per heavy atom. The molecule has 8 heteroatoms. The highest BCUT2D eigenvalue weighted by molar-refractivity contribution is 5.98. The number of hydrogen-bond donors (Lipinski definition) is 2. The molecule has 0 radical (unpaired) electrons. The van der Waals surface area contributed by atoms with Crippen LogP contribution in [0.2, 0.25) is 0 Å². The van der Waals surface area contributed by atoms with Crippen molar-refractivity contribution in [1.82, 2.24) is 15.5 Å². The summed E-state index contributed by atoms with van der Waals surface area (Å²) in [6.07, 6.45) is -0.284. The maximum atomic E-state index is 13.0. The van der Waals surface area contributed by atoms with Gasteiger partial charge in [0.05, 0.1) is 6.61 Å². The molecule has 2 fully saturated rings. The van der Waals surface area contributed by atoms with Gasteiger partial charge in [-0.3, -0.25) is 19.8 Å². The summed E-state index contributed by atoms with van der Waals surface area (Å²) in [5.74, 6) is -1.83. The van der Waals surface area contributed by atoms with Gasteiger partial charge in [-0.05, 0) is 31.2 Å². The van der Waals surface area contributed by atoms with Gasteiger partial charge in [0.25, 0.3) is 0 Å². The van der Waals surface area contributed by atoms with Crippen LogP contribution >= 0.6 is 0 Å². The molecule has 7 nitrogen and oxygen atoms in total. The third kappa shape index (κ3) is 4.08. The molecule has 0 spiro atoms. The van der Waals surface area contributed by atoms with Gasteiger partial charge >= 0.3 is 5.97 Å². The summed E-state index contributed by atoms with van der Waals surface area (Å²) in [7, 11) is 0. The van der Waals surface area contributed by atoms with Crippen molar-refractivity contribution in [2.24, 2.45) is 5.92 Å². The molecule has 1 amide bonds. The molecule has 0 aliphatic carbocycles. The fourth-order valence-corrected chi connectivity index (χ4v) is 3.15. The number of benzene rings is 1. The van der Waals surface area contributed by atoms with E-state index in [0.29, 0.717) is 0 Å². The molecule has 0 saturated carbocycles. The van der Waals surface area contributed by atoms with Gasteiger partial charge in [-0.1, -0.05) is 0 Å². The summed E-state index contributed by atoms with van der Waals surface area (Å²) < 4.78 is 17.9. The van der Waals surface area contributed by atoms with Crippen LogP contribution in [0.25, 0.3) is 0 Å². The number of nitrogens with one attached hydrogen (secondary N) is 2. The van der Waals surface area contributed by atoms with Crippen LogP contribution in [0.1, 0.15) is 6.92 Å². The van der Waals surface area contributed by atoms with Gasteiger partial charge in [-0.2, -0.15) is 0 Å². The minimum atomic E-state index is -0.795. The predicted octanol–water partition coefficient (Wildman–Crippen LogP) is 0.130. The van der Waals surface area contributed by atoms with Crippen molar-refractivity contribution in [3.05, 3.63) is 30.1 Å². The first-order valence-corrected chi connectivity index (χ1v) is 8.53. The van der Waals surface area contributed by atoms with Crippen LogP contribution in [0.15, 0.2) is 24.3 Å². The van der Waals surface area contributed by atoms with Gasteiger partial charge < -0.3 is 15.0 Å². The first-order chi connectivity index (χ1) is 12.1. The molecule has 0 bridgehead atoms. The van der Waals surface area contributed by atoms with Crippen molar-refractivity contribution in [3.8, 4) is 0 Å². The molecule has 1 aromatic carbocycles. The topological polar surface area (TPSA) is 73.9 Å². The molecule has 0 aromatic heterocycles. The average molecular weight is 350 g/mol. The summed E-state index contributed by atoms with van der Waals surface area (Å²) in [4.78, 5) is 28.2. The zero-order valence-electron chi connectivity index (χ0n) is 14.2. The van der Waals surface area contributed by atoms with Gasteiger partial charge in [0.15, 0.2) is 0 Å². The lowest BCUT2D eigenvalue weighted by atomic mass is 10.1. The van der Waals surface area contributed by atoms with Crippen LogP contribution in [0.5, 0.6) is 0 Å². The van der Waals surface area contributed by atoms with E-state index in [1.54, 1.807) is 19.1 Å². The van der Waals surface area contributed by atoms with Crippen LogP contribution in [0.3, 0.4) is 0 Å². The quantitative estimate of drug-likeness (QED) is 0.594. The van der Waals surface area contributed by atoms with Gasteiger partial charge in [0, 0.05) is 38.4 Å². The third-order valence-corrected chi connectivity index (χ3v) is 4.55. The number of anilines is 1. The Hall–Kier alpha value is -2.19. The molecule has 2 heterocycles. The standard InChI is InChI=1S/C17H23FN4O3/c1-2-25-16(24)14-11-19-17(20-15(14)23)22-9-7-21(8-10-22)13-5-3-12(18)4-6-13/h3-6,14,17,19H,2,7-11H2,1H3,(H,20,23). The fourth-order valence-electron chi connectivity index (χ4n) is 3.15. The second-order valence-electron chi connectivity index (χ2n) is 6.12. The van der Waals surface area contributed by atoms with Crippen molar-refractivity contribution in [2.45, 2.75) is 13.2 Å². The van der Waals surface area contributed by atoms with E-state index in [1.807, 2.05) is 0 Å². The third-order valence-electron chi connectivity index (χ3n) is 4.55. The molecule has 2 aliphatic heterocycles. The second-order valence-corrected chi connectivity index (χ2v) is 6.12. The highest BCUT2D eigenvalue weighted by Crippen LogP contribution is 2.18. The first kappa shape index (κ1) is 17.6. The van der Waals surface area contributed by atoms with Crippen LogP contribution in [0.4, 0.5) is 10.1 Å². The summed E-state index contributed by atoms with van der Waals surface area (Å²) >= 11 is 0. The molecule has 1 aromatic rings. The summed E-state index contributed by atoms with van der Waals surface area (Å²) in [5, 5.41) is 6.04. The number of hydrogen-bond acceptors (Lipinski definition) is 6. The van der Waals surface area contributed by atoms with E-state index >= 15 is 0 Å². The fraction of sp³-hybridized carbons (Fsp3) is 0.529. The zero-order chi connectivity index (χ0) is 17.8. The Labute approximate surface area is 146 Å². The molecule has 2 N–H and O–H groups in total. The van der Waals surface area contributed by atoms with Crippen LogP contribution in [0, 0.1) is 11.7 Å². The average Bonchev–Trinajstić information content (AvgIpc) is 2.62. The number of ether oxygens (including phenoxy) is 1. The smallest absolute Gasteiger partial charge is 0.319 e. The highest BCUT2D eigenvalue weighted by Gasteiger charge is 2.36. The van der Waals surface area contributed by atoms with Crippen LogP contribution < -0.4 is 15.5 Å². The number of rotatable bonds is 4. The largest absolute Gasteiger partial charge is 0.465 e. The van der Waals surface area contributed by atoms with Crippen molar-refractivity contribution in [3.63, 3.8) is 0 Å². The molecular formula is C17H23FN4O3. The first-order valence-electron chi connectivity index (χ1n) is 8.53. The normalized spacial score (nSPS) is 24.7. The Kier molecular flexibility index (Phi) is 5.50. The van der Waals surface area contributed by atoms with Crippen LogP contribution in [-0.2, 0) is 14.3 Å². The minimum absolute atomic E-state index is 0.243. The van der Waals surface area contributed by atoms with Crippen LogP contribution in [-0.4, -0.2) is 62.4 Å². The highest BCUT2D eigenvalue weighted by atomic mass is 19.1. The maximum absolute atomic E-state index is 13.0. The second kappa shape index (κ2) is 7.79. The maximum Gasteiger partial charge on any atom is 0.319 e. The lowest BCUT2D eigenvalue weighted by Gasteiger charge is -2.42. The Morgan fingerprint density at radius 3 is 2.52 bits per heavy atom. The Bertz CT molecular complexity index is 617. The predicted molar refractivity (Wildman–Crippen MR) is 90.2 cm³/mol.